The average Bonchev–Trinajstić information content (AvgIpc) is 2.83. The summed E-state index contributed by atoms with van der Waals surface area (Å²) in [5.74, 6) is -2.13. The number of amides is 1. The molecule has 0 unspecified atom stereocenters. The number of hydrogen-bond acceptors (Lipinski definition) is 7. The zero-order valence-electron chi connectivity index (χ0n) is 12.7. The van der Waals surface area contributed by atoms with E-state index < -0.39 is 53.6 Å². The highest BCUT2D eigenvalue weighted by Crippen LogP contribution is 2.30. The van der Waals surface area contributed by atoms with Gasteiger partial charge in [0.25, 0.3) is 11.5 Å². The third-order valence-corrected chi connectivity index (χ3v) is 3.60. The van der Waals surface area contributed by atoms with Crippen molar-refractivity contribution in [2.24, 2.45) is 0 Å². The Morgan fingerprint density at radius 1 is 1.46 bits per heavy atom. The number of halogens is 1. The van der Waals surface area contributed by atoms with Crippen LogP contribution in [0.15, 0.2) is 15.8 Å². The molecule has 1 aromatic rings. The van der Waals surface area contributed by atoms with Crippen molar-refractivity contribution in [2.45, 2.75) is 44.0 Å². The fourth-order valence-corrected chi connectivity index (χ4v) is 2.33. The molecule has 1 saturated heterocycles. The van der Waals surface area contributed by atoms with E-state index in [9.17, 15) is 34.1 Å². The van der Waals surface area contributed by atoms with Crippen molar-refractivity contribution in [1.82, 2.24) is 14.9 Å². The molecule has 0 bridgehead atoms. The van der Waals surface area contributed by atoms with Crippen LogP contribution in [0.2, 0.25) is 0 Å². The molecule has 5 N–H and O–H groups in total. The lowest BCUT2D eigenvalue weighted by Crippen LogP contribution is -2.47. The van der Waals surface area contributed by atoms with E-state index in [1.54, 1.807) is 11.9 Å². The van der Waals surface area contributed by atoms with Crippen LogP contribution >= 0.6 is 0 Å². The number of nitrogens with zero attached hydrogens (tertiary/aromatic N) is 1. The van der Waals surface area contributed by atoms with Crippen LogP contribution in [0.25, 0.3) is 0 Å². The molecular formula is C13H18FN3O7. The summed E-state index contributed by atoms with van der Waals surface area (Å²) < 4.78 is 19.0. The second kappa shape index (κ2) is 7.21. The normalized spacial score (nSPS) is 27.9. The summed E-state index contributed by atoms with van der Waals surface area (Å²) in [4.78, 5) is 36.2. The van der Waals surface area contributed by atoms with Gasteiger partial charge in [-0.15, -0.1) is 0 Å². The van der Waals surface area contributed by atoms with E-state index in [1.807, 2.05) is 0 Å². The molecule has 1 fully saturated rings. The SMILES string of the molecule is CCCNC(=O)[C@H](O)[C@@H]1O[C@@H](n2cc(F)c(=O)[nH]c2=O)[C@@H](O)[C@H]1O. The maximum absolute atomic E-state index is 13.3. The molecule has 0 aromatic carbocycles. The first-order valence-corrected chi connectivity index (χ1v) is 7.26. The molecule has 1 aromatic heterocycles. The third kappa shape index (κ3) is 3.38. The molecule has 134 valence electrons. The first-order chi connectivity index (χ1) is 11.3. The summed E-state index contributed by atoms with van der Waals surface area (Å²) in [6.07, 6.45) is -7.25. The zero-order valence-corrected chi connectivity index (χ0v) is 12.7. The van der Waals surface area contributed by atoms with Gasteiger partial charge < -0.3 is 25.4 Å². The van der Waals surface area contributed by atoms with Crippen LogP contribution in [0.1, 0.15) is 19.6 Å². The van der Waals surface area contributed by atoms with Gasteiger partial charge in [0.05, 0.1) is 6.20 Å². The van der Waals surface area contributed by atoms with Gasteiger partial charge in [0, 0.05) is 6.54 Å². The molecule has 0 spiro atoms. The number of hydrogen-bond donors (Lipinski definition) is 5. The number of carbonyl (C=O) groups excluding carboxylic acids is 1. The molecule has 2 heterocycles. The van der Waals surface area contributed by atoms with Gasteiger partial charge >= 0.3 is 5.69 Å². The van der Waals surface area contributed by atoms with E-state index >= 15 is 0 Å². The summed E-state index contributed by atoms with van der Waals surface area (Å²) in [5, 5.41) is 32.3. The molecule has 1 amide bonds. The van der Waals surface area contributed by atoms with Crippen LogP contribution in [0.4, 0.5) is 4.39 Å². The minimum atomic E-state index is -1.81. The highest BCUT2D eigenvalue weighted by Gasteiger charge is 2.49. The quantitative estimate of drug-likeness (QED) is 0.385. The fourth-order valence-electron chi connectivity index (χ4n) is 2.33. The highest BCUT2D eigenvalue weighted by atomic mass is 19.1. The van der Waals surface area contributed by atoms with Crippen molar-refractivity contribution in [3.63, 3.8) is 0 Å². The Balaban J connectivity index is 2.24. The maximum Gasteiger partial charge on any atom is 0.330 e. The number of ether oxygens (including phenoxy) is 1. The summed E-state index contributed by atoms with van der Waals surface area (Å²) in [6.45, 7) is 2.08. The van der Waals surface area contributed by atoms with Crippen LogP contribution in [0, 0.1) is 5.82 Å². The number of H-pyrrole nitrogens is 1. The molecule has 24 heavy (non-hydrogen) atoms. The van der Waals surface area contributed by atoms with E-state index in [2.05, 4.69) is 5.32 Å². The van der Waals surface area contributed by atoms with Crippen LogP contribution in [-0.2, 0) is 9.53 Å². The van der Waals surface area contributed by atoms with E-state index in [0.717, 1.165) is 0 Å². The predicted octanol–water partition coefficient (Wildman–Crippen LogP) is -2.82. The smallest absolute Gasteiger partial charge is 0.330 e. The molecule has 10 nitrogen and oxygen atoms in total. The van der Waals surface area contributed by atoms with E-state index in [4.69, 9.17) is 4.74 Å². The molecule has 1 aliphatic rings. The first-order valence-electron chi connectivity index (χ1n) is 7.26. The van der Waals surface area contributed by atoms with Crippen molar-refractivity contribution in [2.75, 3.05) is 6.54 Å². The number of aromatic nitrogens is 2. The van der Waals surface area contributed by atoms with Gasteiger partial charge in [-0.2, -0.15) is 4.39 Å². The molecule has 0 saturated carbocycles. The van der Waals surface area contributed by atoms with Gasteiger partial charge in [0.2, 0.25) is 5.82 Å². The third-order valence-electron chi connectivity index (χ3n) is 3.60. The molecule has 5 atom stereocenters. The Morgan fingerprint density at radius 3 is 2.75 bits per heavy atom. The van der Waals surface area contributed by atoms with Crippen LogP contribution in [0.5, 0.6) is 0 Å². The second-order valence-corrected chi connectivity index (χ2v) is 5.35. The van der Waals surface area contributed by atoms with Crippen molar-refractivity contribution in [3.05, 3.63) is 32.9 Å². The zero-order chi connectivity index (χ0) is 18.0. The van der Waals surface area contributed by atoms with Crippen LogP contribution in [-0.4, -0.2) is 61.7 Å². The molecule has 2 rings (SSSR count). The Kier molecular flexibility index (Phi) is 5.49. The standard InChI is InChI=1S/C13H18FN3O7/c1-2-3-15-11(22)8(20)9-6(18)7(19)12(24-9)17-4-5(14)10(21)16-13(17)23/h4,6-9,12,18-20H,2-3H2,1H3,(H,15,22)(H,16,21,23)/t6-,7+,8-,9-,12-/m1/s1. The molecular weight excluding hydrogens is 329 g/mol. The van der Waals surface area contributed by atoms with Crippen molar-refractivity contribution >= 4 is 5.91 Å². The lowest BCUT2D eigenvalue weighted by Gasteiger charge is -2.20. The highest BCUT2D eigenvalue weighted by molar-refractivity contribution is 5.81. The lowest BCUT2D eigenvalue weighted by atomic mass is 10.0. The monoisotopic (exact) mass is 347 g/mol. The first kappa shape index (κ1) is 18.3. The summed E-state index contributed by atoms with van der Waals surface area (Å²) >= 11 is 0. The van der Waals surface area contributed by atoms with Gasteiger partial charge in [0.1, 0.15) is 18.3 Å². The van der Waals surface area contributed by atoms with Crippen molar-refractivity contribution in [3.8, 4) is 0 Å². The van der Waals surface area contributed by atoms with Crippen molar-refractivity contribution < 1.29 is 29.2 Å². The average molecular weight is 347 g/mol. The fraction of sp³-hybridized carbons (Fsp3) is 0.615. The number of aliphatic hydroxyl groups excluding tert-OH is 3. The summed E-state index contributed by atoms with van der Waals surface area (Å²) in [6, 6.07) is 0. The molecule has 11 heteroatoms. The van der Waals surface area contributed by atoms with Crippen LogP contribution in [0.3, 0.4) is 0 Å². The number of rotatable bonds is 5. The summed E-state index contributed by atoms with van der Waals surface area (Å²) in [5.41, 5.74) is -2.33. The van der Waals surface area contributed by atoms with Gasteiger partial charge in [-0.25, -0.2) is 4.79 Å². The number of carbonyl (C=O) groups is 1. The van der Waals surface area contributed by atoms with Crippen molar-refractivity contribution in [1.29, 1.82) is 0 Å². The molecule has 0 aliphatic carbocycles. The summed E-state index contributed by atoms with van der Waals surface area (Å²) in [7, 11) is 0. The van der Waals surface area contributed by atoms with E-state index in [0.29, 0.717) is 17.2 Å². The largest absolute Gasteiger partial charge is 0.387 e. The predicted molar refractivity (Wildman–Crippen MR) is 76.5 cm³/mol. The van der Waals surface area contributed by atoms with Gasteiger partial charge in [0.15, 0.2) is 12.3 Å². The lowest BCUT2D eigenvalue weighted by molar-refractivity contribution is -0.143. The van der Waals surface area contributed by atoms with E-state index in [-0.39, 0.29) is 6.54 Å². The Hall–Kier alpha value is -2.08. The number of nitrogens with one attached hydrogen (secondary N) is 2. The number of aromatic amines is 1. The Labute approximate surface area is 134 Å². The Bertz CT molecular complexity index is 718. The maximum atomic E-state index is 13.3. The van der Waals surface area contributed by atoms with Crippen LogP contribution < -0.4 is 16.6 Å². The Morgan fingerprint density at radius 2 is 2.12 bits per heavy atom. The van der Waals surface area contributed by atoms with Gasteiger partial charge in [-0.3, -0.25) is 19.1 Å². The molecule has 1 aliphatic heterocycles. The number of aliphatic hydroxyl groups is 3. The molecule has 0 radical (unpaired) electrons. The van der Waals surface area contributed by atoms with Gasteiger partial charge in [-0.1, -0.05) is 6.92 Å². The van der Waals surface area contributed by atoms with Gasteiger partial charge in [-0.05, 0) is 6.42 Å². The minimum absolute atomic E-state index is 0.287. The van der Waals surface area contributed by atoms with E-state index in [1.165, 1.54) is 0 Å². The minimum Gasteiger partial charge on any atom is -0.387 e. The second-order valence-electron chi connectivity index (χ2n) is 5.35. The topological polar surface area (TPSA) is 154 Å².